The molecule has 0 unspecified atom stereocenters. The highest BCUT2D eigenvalue weighted by Crippen LogP contribution is 2.29. The maximum atomic E-state index is 11.8. The van der Waals surface area contributed by atoms with Crippen molar-refractivity contribution >= 4 is 23.2 Å². The lowest BCUT2D eigenvalue weighted by Gasteiger charge is -2.09. The largest absolute Gasteiger partial charge is 0.492 e. The molecule has 0 bridgehead atoms. The smallest absolute Gasteiger partial charge is 0.313 e. The summed E-state index contributed by atoms with van der Waals surface area (Å²) in [4.78, 5) is 22.3. The number of aryl methyl sites for hydroxylation is 1. The van der Waals surface area contributed by atoms with Crippen LogP contribution in [-0.4, -0.2) is 30.6 Å². The van der Waals surface area contributed by atoms with E-state index in [-0.39, 0.29) is 31.2 Å². The maximum absolute atomic E-state index is 11.8. The van der Waals surface area contributed by atoms with Gasteiger partial charge in [0.25, 0.3) is 5.91 Å². The molecule has 2 rings (SSSR count). The van der Waals surface area contributed by atoms with E-state index in [1.54, 1.807) is 43.3 Å². The minimum atomic E-state index is -0.525. The van der Waals surface area contributed by atoms with Crippen LogP contribution in [0.15, 0.2) is 42.5 Å². The number of nitrogens with zero attached hydrogens (tertiary/aromatic N) is 1. The second-order valence-electron chi connectivity index (χ2n) is 5.12. The molecule has 1 amide bonds. The summed E-state index contributed by atoms with van der Waals surface area (Å²) >= 11 is 5.77. The molecule has 25 heavy (non-hydrogen) atoms. The Morgan fingerprint density at radius 2 is 1.92 bits per heavy atom. The van der Waals surface area contributed by atoms with Crippen molar-refractivity contribution in [1.82, 2.24) is 5.32 Å². The van der Waals surface area contributed by atoms with Crippen LogP contribution in [0.5, 0.6) is 11.5 Å². The van der Waals surface area contributed by atoms with Gasteiger partial charge >= 0.3 is 5.69 Å². The normalized spacial score (nSPS) is 10.2. The second-order valence-corrected chi connectivity index (χ2v) is 5.56. The molecule has 0 aliphatic heterocycles. The van der Waals surface area contributed by atoms with Crippen molar-refractivity contribution in [2.24, 2.45) is 0 Å². The molecule has 0 heterocycles. The highest BCUT2D eigenvalue weighted by atomic mass is 35.5. The van der Waals surface area contributed by atoms with Gasteiger partial charge in [-0.2, -0.15) is 0 Å². The summed E-state index contributed by atoms with van der Waals surface area (Å²) in [6.07, 6.45) is 0. The lowest BCUT2D eigenvalue weighted by atomic mass is 10.2. The molecule has 0 aliphatic carbocycles. The Morgan fingerprint density at radius 3 is 2.60 bits per heavy atom. The Labute approximate surface area is 149 Å². The van der Waals surface area contributed by atoms with Crippen LogP contribution in [0.3, 0.4) is 0 Å². The molecule has 8 heteroatoms. The van der Waals surface area contributed by atoms with Crippen LogP contribution in [0.1, 0.15) is 5.56 Å². The molecule has 132 valence electrons. The zero-order chi connectivity index (χ0) is 18.2. The number of rotatable bonds is 8. The maximum Gasteiger partial charge on any atom is 0.313 e. The number of hydrogen-bond donors (Lipinski definition) is 1. The van der Waals surface area contributed by atoms with Gasteiger partial charge in [-0.1, -0.05) is 23.7 Å². The van der Waals surface area contributed by atoms with E-state index >= 15 is 0 Å². The number of para-hydroxylation sites is 1. The molecule has 0 fully saturated rings. The van der Waals surface area contributed by atoms with Gasteiger partial charge in [0.05, 0.1) is 11.5 Å². The summed E-state index contributed by atoms with van der Waals surface area (Å²) in [7, 11) is 0. The van der Waals surface area contributed by atoms with Crippen molar-refractivity contribution in [2.45, 2.75) is 6.92 Å². The molecule has 1 N–H and O–H groups in total. The summed E-state index contributed by atoms with van der Waals surface area (Å²) in [5, 5.41) is 14.3. The van der Waals surface area contributed by atoms with Crippen molar-refractivity contribution < 1.29 is 19.2 Å². The van der Waals surface area contributed by atoms with Crippen LogP contribution in [0.2, 0.25) is 5.02 Å². The van der Waals surface area contributed by atoms with Crippen LogP contribution in [0, 0.1) is 17.0 Å². The molecular weight excluding hydrogens is 348 g/mol. The first-order valence-electron chi connectivity index (χ1n) is 7.49. The first-order chi connectivity index (χ1) is 12.0. The van der Waals surface area contributed by atoms with Gasteiger partial charge < -0.3 is 14.8 Å². The summed E-state index contributed by atoms with van der Waals surface area (Å²) in [5.41, 5.74) is 0.334. The zero-order valence-electron chi connectivity index (χ0n) is 13.5. The second kappa shape index (κ2) is 8.89. The number of carbonyl (C=O) groups is 1. The molecule has 0 saturated carbocycles. The Hall–Kier alpha value is -2.80. The summed E-state index contributed by atoms with van der Waals surface area (Å²) in [6.45, 7) is 1.85. The predicted molar refractivity (Wildman–Crippen MR) is 93.3 cm³/mol. The number of nitro benzene ring substituents is 1. The van der Waals surface area contributed by atoms with Crippen LogP contribution in [0.4, 0.5) is 5.69 Å². The van der Waals surface area contributed by atoms with Crippen LogP contribution >= 0.6 is 11.6 Å². The Balaban J connectivity index is 1.75. The van der Waals surface area contributed by atoms with E-state index in [1.807, 2.05) is 0 Å². The Morgan fingerprint density at radius 1 is 1.20 bits per heavy atom. The number of benzene rings is 2. The van der Waals surface area contributed by atoms with Gasteiger partial charge in [0.2, 0.25) is 0 Å². The van der Waals surface area contributed by atoms with E-state index in [0.717, 1.165) is 0 Å². The van der Waals surface area contributed by atoms with Crippen LogP contribution in [0.25, 0.3) is 0 Å². The number of nitro groups is 1. The fourth-order valence-corrected chi connectivity index (χ4v) is 2.19. The monoisotopic (exact) mass is 364 g/mol. The highest BCUT2D eigenvalue weighted by Gasteiger charge is 2.18. The molecule has 2 aromatic carbocycles. The lowest BCUT2D eigenvalue weighted by Crippen LogP contribution is -2.32. The van der Waals surface area contributed by atoms with E-state index < -0.39 is 10.8 Å². The van der Waals surface area contributed by atoms with E-state index in [0.29, 0.717) is 16.3 Å². The van der Waals surface area contributed by atoms with Gasteiger partial charge in [0.1, 0.15) is 12.4 Å². The summed E-state index contributed by atoms with van der Waals surface area (Å²) in [5.74, 6) is 0.318. The summed E-state index contributed by atoms with van der Waals surface area (Å²) in [6, 6.07) is 11.6. The molecule has 0 spiro atoms. The topological polar surface area (TPSA) is 90.7 Å². The third-order valence-electron chi connectivity index (χ3n) is 3.25. The van der Waals surface area contributed by atoms with Crippen LogP contribution in [-0.2, 0) is 4.79 Å². The predicted octanol–water partition coefficient (Wildman–Crippen LogP) is 3.13. The van der Waals surface area contributed by atoms with Crippen molar-refractivity contribution in [2.75, 3.05) is 19.8 Å². The number of ether oxygens (including phenoxy) is 2. The number of halogens is 1. The third-order valence-corrected chi connectivity index (χ3v) is 3.50. The van der Waals surface area contributed by atoms with Crippen molar-refractivity contribution in [1.29, 1.82) is 0 Å². The number of carbonyl (C=O) groups excluding carboxylic acids is 1. The number of amides is 1. The molecule has 7 nitrogen and oxygen atoms in total. The van der Waals surface area contributed by atoms with E-state index in [2.05, 4.69) is 5.32 Å². The summed E-state index contributed by atoms with van der Waals surface area (Å²) < 4.78 is 10.7. The van der Waals surface area contributed by atoms with E-state index in [1.165, 1.54) is 6.07 Å². The van der Waals surface area contributed by atoms with Crippen molar-refractivity contribution in [3.05, 3.63) is 63.2 Å². The van der Waals surface area contributed by atoms with E-state index in [9.17, 15) is 14.9 Å². The zero-order valence-corrected chi connectivity index (χ0v) is 14.3. The fraction of sp³-hybridized carbons (Fsp3) is 0.235. The SMILES string of the molecule is Cc1cccc(OCC(=O)NCCOc2ccc(Cl)cc2)c1[N+](=O)[O-]. The van der Waals surface area contributed by atoms with Gasteiger partial charge in [-0.15, -0.1) is 0 Å². The van der Waals surface area contributed by atoms with Crippen molar-refractivity contribution in [3.8, 4) is 11.5 Å². The number of hydrogen-bond acceptors (Lipinski definition) is 5. The standard InChI is InChI=1S/C17H17ClN2O5/c1-12-3-2-4-15(17(12)20(22)23)25-11-16(21)19-9-10-24-14-7-5-13(18)6-8-14/h2-8H,9-11H2,1H3,(H,19,21). The average Bonchev–Trinajstić information content (AvgIpc) is 2.58. The highest BCUT2D eigenvalue weighted by molar-refractivity contribution is 6.30. The van der Waals surface area contributed by atoms with Gasteiger partial charge in [0.15, 0.2) is 12.4 Å². The van der Waals surface area contributed by atoms with Gasteiger partial charge in [-0.25, -0.2) is 0 Å². The fourth-order valence-electron chi connectivity index (χ4n) is 2.07. The molecule has 2 aromatic rings. The molecule has 0 aromatic heterocycles. The number of nitrogens with one attached hydrogen (secondary N) is 1. The first kappa shape index (κ1) is 18.5. The Kier molecular flexibility index (Phi) is 6.59. The first-order valence-corrected chi connectivity index (χ1v) is 7.87. The molecular formula is C17H17ClN2O5. The average molecular weight is 365 g/mol. The molecule has 0 radical (unpaired) electrons. The minimum absolute atomic E-state index is 0.0672. The quantitative estimate of drug-likeness (QED) is 0.441. The minimum Gasteiger partial charge on any atom is -0.492 e. The Bertz CT molecular complexity index is 749. The molecule has 0 atom stereocenters. The van der Waals surface area contributed by atoms with Gasteiger partial charge in [-0.05, 0) is 37.3 Å². The van der Waals surface area contributed by atoms with Crippen LogP contribution < -0.4 is 14.8 Å². The lowest BCUT2D eigenvalue weighted by molar-refractivity contribution is -0.386. The molecule has 0 aliphatic rings. The third kappa shape index (κ3) is 5.65. The van der Waals surface area contributed by atoms with E-state index in [4.69, 9.17) is 21.1 Å². The van der Waals surface area contributed by atoms with Gasteiger partial charge in [0, 0.05) is 10.6 Å². The van der Waals surface area contributed by atoms with Gasteiger partial charge in [-0.3, -0.25) is 14.9 Å². The molecule has 0 saturated heterocycles. The van der Waals surface area contributed by atoms with Crippen molar-refractivity contribution in [3.63, 3.8) is 0 Å².